The predicted octanol–water partition coefficient (Wildman–Crippen LogP) is 11.8. The van der Waals surface area contributed by atoms with Crippen molar-refractivity contribution in [3.63, 3.8) is 0 Å². The maximum absolute atomic E-state index is 7.86. The summed E-state index contributed by atoms with van der Waals surface area (Å²) in [6, 6.07) is 18.5. The first-order chi connectivity index (χ1) is 24.7. The predicted molar refractivity (Wildman–Crippen MR) is 192 cm³/mol. The Labute approximate surface area is 286 Å². The van der Waals surface area contributed by atoms with Crippen LogP contribution in [-0.2, 0) is 0 Å². The van der Waals surface area contributed by atoms with Crippen LogP contribution in [0.5, 0.6) is 0 Å². The Hall–Kier alpha value is -5.24. The standard InChI is InChI=1S/4C10H11NO/c4*1-7(2)8-3-4-10-9(5-8)11-6-12-10/h4*3-7H,1-2H3/i6T;5T;4T;3T. The average Bonchev–Trinajstić information content (AvgIpc) is 3.91. The van der Waals surface area contributed by atoms with Crippen LogP contribution in [-0.4, -0.2) is 19.9 Å². The van der Waals surface area contributed by atoms with Crippen molar-refractivity contribution in [2.75, 3.05) is 0 Å². The highest BCUT2D eigenvalue weighted by atomic mass is 16.3. The van der Waals surface area contributed by atoms with Crippen molar-refractivity contribution in [3.8, 4) is 0 Å². The molecule has 8 nitrogen and oxygen atoms in total. The van der Waals surface area contributed by atoms with Gasteiger partial charge in [0.25, 0.3) is 0 Å². The highest BCUT2D eigenvalue weighted by Gasteiger charge is 2.05. The third-order valence-electron chi connectivity index (χ3n) is 7.71. The lowest BCUT2D eigenvalue weighted by Gasteiger charge is -2.02. The van der Waals surface area contributed by atoms with Crippen molar-refractivity contribution in [3.05, 3.63) is 121 Å². The van der Waals surface area contributed by atoms with Crippen molar-refractivity contribution < 1.29 is 23.2 Å². The van der Waals surface area contributed by atoms with Crippen LogP contribution in [0.1, 0.15) is 107 Å². The van der Waals surface area contributed by atoms with Gasteiger partial charge >= 0.3 is 0 Å². The SMILES string of the molecule is [3H]c1c(C(C)C)ccc2ocnc12.[3H]c1cc(C(C)C)cc2ncoc12.[3H]c1cc2ocnc2cc1C(C)C.[3H]c1nc2cc(C(C)C)ccc2o1. The molecule has 0 aliphatic carbocycles. The number of hydrogen-bond donors (Lipinski definition) is 0. The Morgan fingerprint density at radius 2 is 0.896 bits per heavy atom. The Bertz CT molecular complexity index is 2400. The fourth-order valence-electron chi connectivity index (χ4n) is 4.64. The summed E-state index contributed by atoms with van der Waals surface area (Å²) in [5.41, 5.74) is 10.1. The summed E-state index contributed by atoms with van der Waals surface area (Å²) in [5.74, 6) is 1.61. The first-order valence-electron chi connectivity index (χ1n) is 18.1. The normalized spacial score (nSPS) is 12.4. The maximum Gasteiger partial charge on any atom is 0.181 e. The molecule has 0 N–H and O–H groups in total. The van der Waals surface area contributed by atoms with E-state index >= 15 is 0 Å². The van der Waals surface area contributed by atoms with Crippen LogP contribution in [0, 0.1) is 0 Å². The summed E-state index contributed by atoms with van der Waals surface area (Å²) < 4.78 is 50.9. The molecule has 4 aromatic carbocycles. The van der Waals surface area contributed by atoms with Gasteiger partial charge in [-0.25, -0.2) is 19.9 Å². The van der Waals surface area contributed by atoms with Crippen LogP contribution < -0.4 is 0 Å². The Morgan fingerprint density at radius 1 is 0.438 bits per heavy atom. The van der Waals surface area contributed by atoms with E-state index in [-0.39, 0.29) is 6.37 Å². The van der Waals surface area contributed by atoms with E-state index in [1.807, 2.05) is 48.5 Å². The molecule has 4 aromatic heterocycles. The summed E-state index contributed by atoms with van der Waals surface area (Å²) in [5, 5.41) is 0. The van der Waals surface area contributed by atoms with Crippen molar-refractivity contribution in [2.24, 2.45) is 0 Å². The Morgan fingerprint density at radius 3 is 1.52 bits per heavy atom. The molecule has 0 saturated carbocycles. The molecular formula is C40H44N4O4. The van der Waals surface area contributed by atoms with Gasteiger partial charge in [-0.15, -0.1) is 0 Å². The zero-order valence-corrected chi connectivity index (χ0v) is 28.7. The van der Waals surface area contributed by atoms with Crippen molar-refractivity contribution in [1.29, 1.82) is 0 Å². The number of fused-ring (bicyclic) bond motifs is 4. The van der Waals surface area contributed by atoms with Gasteiger partial charge in [-0.1, -0.05) is 79.6 Å². The molecule has 0 fully saturated rings. The van der Waals surface area contributed by atoms with Gasteiger partial charge in [-0.05, 0) is 94.4 Å². The van der Waals surface area contributed by atoms with E-state index in [2.05, 4.69) is 75.3 Å². The van der Waals surface area contributed by atoms with E-state index in [1.54, 1.807) is 6.07 Å². The number of aromatic nitrogens is 4. The molecule has 0 saturated heterocycles. The molecule has 0 aliphatic heterocycles. The second-order valence-electron chi connectivity index (χ2n) is 12.6. The fourth-order valence-corrected chi connectivity index (χ4v) is 4.64. The molecule has 0 radical (unpaired) electrons. The van der Waals surface area contributed by atoms with Crippen LogP contribution in [0.15, 0.2) is 116 Å². The lowest BCUT2D eigenvalue weighted by molar-refractivity contribution is 0.601. The first-order valence-corrected chi connectivity index (χ1v) is 16.1. The molecule has 0 aliphatic rings. The number of hydrogen-bond acceptors (Lipinski definition) is 8. The Kier molecular flexibility index (Phi) is 9.39. The van der Waals surface area contributed by atoms with Gasteiger partial charge in [0.2, 0.25) is 0 Å². The van der Waals surface area contributed by atoms with E-state index in [0.717, 1.165) is 33.2 Å². The summed E-state index contributed by atoms with van der Waals surface area (Å²) in [6.07, 6.45) is 4.16. The molecule has 248 valence electrons. The van der Waals surface area contributed by atoms with Gasteiger partial charge in [0, 0.05) is 0 Å². The highest BCUT2D eigenvalue weighted by molar-refractivity contribution is 5.74. The molecule has 8 heteroatoms. The van der Waals surface area contributed by atoms with E-state index in [1.165, 1.54) is 24.7 Å². The van der Waals surface area contributed by atoms with Gasteiger partial charge in [0.1, 0.15) is 23.4 Å². The number of rotatable bonds is 4. The molecule has 0 amide bonds. The molecule has 8 rings (SSSR count). The van der Waals surface area contributed by atoms with Gasteiger partial charge < -0.3 is 17.7 Å². The fraction of sp³-hybridized carbons (Fsp3) is 0.300. The van der Waals surface area contributed by atoms with E-state index < -0.39 is 0 Å². The molecule has 4 heterocycles. The summed E-state index contributed by atoms with van der Waals surface area (Å²) in [4.78, 5) is 16.1. The van der Waals surface area contributed by atoms with Gasteiger partial charge in [0.15, 0.2) is 47.9 Å². The zero-order valence-electron chi connectivity index (χ0n) is 32.7. The summed E-state index contributed by atoms with van der Waals surface area (Å²) >= 11 is 0. The molecule has 0 unspecified atom stereocenters. The number of benzene rings is 4. The van der Waals surface area contributed by atoms with E-state index in [9.17, 15) is 0 Å². The minimum Gasteiger partial charge on any atom is -0.443 e. The molecule has 0 spiro atoms. The van der Waals surface area contributed by atoms with E-state index in [0.29, 0.717) is 69.6 Å². The third kappa shape index (κ3) is 8.56. The van der Waals surface area contributed by atoms with Crippen LogP contribution in [0.2, 0.25) is 0 Å². The quantitative estimate of drug-likeness (QED) is 0.185. The second kappa shape index (κ2) is 15.6. The molecule has 8 aromatic rings. The summed E-state index contributed by atoms with van der Waals surface area (Å²) in [6.45, 7) is 16.7. The van der Waals surface area contributed by atoms with Gasteiger partial charge in [0.05, 0.1) is 4.11 Å². The summed E-state index contributed by atoms with van der Waals surface area (Å²) in [7, 11) is 0. The smallest absolute Gasteiger partial charge is 0.181 e. The number of nitrogens with zero attached hydrogens (tertiary/aromatic N) is 4. The molecule has 0 atom stereocenters. The molecule has 48 heavy (non-hydrogen) atoms. The second-order valence-corrected chi connectivity index (χ2v) is 12.6. The molecule has 0 bridgehead atoms. The topological polar surface area (TPSA) is 104 Å². The minimum absolute atomic E-state index is 0.0177. The Balaban J connectivity index is 0.000000134. The van der Waals surface area contributed by atoms with Crippen LogP contribution in [0.25, 0.3) is 44.4 Å². The van der Waals surface area contributed by atoms with Crippen molar-refractivity contribution in [2.45, 2.75) is 79.1 Å². The first kappa shape index (κ1) is 28.9. The van der Waals surface area contributed by atoms with Crippen molar-refractivity contribution >= 4 is 44.4 Å². The van der Waals surface area contributed by atoms with E-state index in [4.69, 9.17) is 23.2 Å². The average molecular weight is 653 g/mol. The largest absolute Gasteiger partial charge is 0.443 e. The van der Waals surface area contributed by atoms with Crippen molar-refractivity contribution in [1.82, 2.24) is 19.9 Å². The van der Waals surface area contributed by atoms with Gasteiger partial charge in [-0.2, -0.15) is 0 Å². The van der Waals surface area contributed by atoms with Crippen LogP contribution in [0.3, 0.4) is 0 Å². The lowest BCUT2D eigenvalue weighted by Crippen LogP contribution is -1.85. The van der Waals surface area contributed by atoms with Crippen LogP contribution >= 0.6 is 0 Å². The van der Waals surface area contributed by atoms with Gasteiger partial charge in [-0.3, -0.25) is 0 Å². The lowest BCUT2D eigenvalue weighted by atomic mass is 10.0. The third-order valence-corrected chi connectivity index (χ3v) is 7.71. The highest BCUT2D eigenvalue weighted by Crippen LogP contribution is 2.23. The number of oxazole rings is 4. The van der Waals surface area contributed by atoms with Crippen LogP contribution in [0.4, 0.5) is 0 Å². The zero-order chi connectivity index (χ0) is 37.7. The maximum atomic E-state index is 7.86. The minimum atomic E-state index is -0.0177. The molecular weight excluding hydrogens is 600 g/mol. The monoisotopic (exact) mass is 652 g/mol.